The molecule has 0 amide bonds. The molecule has 2 aromatic rings. The van der Waals surface area contributed by atoms with E-state index >= 15 is 0 Å². The number of nitriles is 1. The molecule has 0 aliphatic carbocycles. The van der Waals surface area contributed by atoms with Crippen LogP contribution in [0.4, 0.5) is 0 Å². The fourth-order valence-electron chi connectivity index (χ4n) is 1.55. The Morgan fingerprint density at radius 3 is 2.35 bits per heavy atom. The zero-order chi connectivity index (χ0) is 12.1. The second-order valence-corrected chi connectivity index (χ2v) is 3.51. The molecule has 17 heavy (non-hydrogen) atoms. The lowest BCUT2D eigenvalue weighted by Crippen LogP contribution is -2.00. The van der Waals surface area contributed by atoms with Crippen molar-refractivity contribution in [3.63, 3.8) is 0 Å². The molecule has 1 heterocycles. The molecular weight excluding hydrogens is 210 g/mol. The molecular formula is C14H11N3. The van der Waals surface area contributed by atoms with E-state index in [9.17, 15) is 5.26 Å². The second kappa shape index (κ2) is 4.95. The summed E-state index contributed by atoms with van der Waals surface area (Å²) in [7, 11) is 0. The SMILES string of the molecule is N#C/C(=C(/N)c1cccnc1)c1ccccc1. The largest absolute Gasteiger partial charge is 0.397 e. The number of benzene rings is 1. The number of nitrogens with zero attached hydrogens (tertiary/aromatic N) is 2. The van der Waals surface area contributed by atoms with Gasteiger partial charge in [-0.25, -0.2) is 0 Å². The average molecular weight is 221 g/mol. The van der Waals surface area contributed by atoms with Crippen LogP contribution in [0.3, 0.4) is 0 Å². The lowest BCUT2D eigenvalue weighted by Gasteiger charge is -2.05. The molecule has 0 spiro atoms. The van der Waals surface area contributed by atoms with Gasteiger partial charge < -0.3 is 5.73 Å². The van der Waals surface area contributed by atoms with Gasteiger partial charge in [-0.3, -0.25) is 4.98 Å². The Morgan fingerprint density at radius 1 is 1.06 bits per heavy atom. The van der Waals surface area contributed by atoms with Gasteiger partial charge in [0.25, 0.3) is 0 Å². The lowest BCUT2D eigenvalue weighted by atomic mass is 10.0. The predicted octanol–water partition coefficient (Wildman–Crippen LogP) is 2.43. The molecule has 0 saturated carbocycles. The third-order valence-corrected chi connectivity index (χ3v) is 2.42. The Balaban J connectivity index is 2.53. The van der Waals surface area contributed by atoms with Crippen LogP contribution in [0.2, 0.25) is 0 Å². The zero-order valence-corrected chi connectivity index (χ0v) is 9.17. The molecule has 0 radical (unpaired) electrons. The van der Waals surface area contributed by atoms with Crippen molar-refractivity contribution in [2.45, 2.75) is 0 Å². The summed E-state index contributed by atoms with van der Waals surface area (Å²) in [4.78, 5) is 3.99. The van der Waals surface area contributed by atoms with Crippen molar-refractivity contribution in [2.75, 3.05) is 0 Å². The summed E-state index contributed by atoms with van der Waals surface area (Å²) < 4.78 is 0. The third kappa shape index (κ3) is 2.32. The first-order chi connectivity index (χ1) is 8.33. The van der Waals surface area contributed by atoms with E-state index in [0.29, 0.717) is 11.3 Å². The average Bonchev–Trinajstić information content (AvgIpc) is 2.42. The fourth-order valence-corrected chi connectivity index (χ4v) is 1.55. The molecule has 0 aliphatic rings. The van der Waals surface area contributed by atoms with Crippen LogP contribution < -0.4 is 5.73 Å². The molecule has 0 atom stereocenters. The Kier molecular flexibility index (Phi) is 3.18. The Labute approximate surface area is 99.8 Å². The zero-order valence-electron chi connectivity index (χ0n) is 9.17. The first-order valence-electron chi connectivity index (χ1n) is 5.18. The molecule has 2 rings (SSSR count). The quantitative estimate of drug-likeness (QED) is 0.792. The van der Waals surface area contributed by atoms with Gasteiger partial charge in [-0.1, -0.05) is 30.3 Å². The standard InChI is InChI=1S/C14H11N3/c15-9-13(11-5-2-1-3-6-11)14(16)12-7-4-8-17-10-12/h1-8,10H,16H2/b14-13-. The molecule has 82 valence electrons. The summed E-state index contributed by atoms with van der Waals surface area (Å²) in [6, 6.07) is 15.2. The van der Waals surface area contributed by atoms with Gasteiger partial charge in [-0.15, -0.1) is 0 Å². The smallest absolute Gasteiger partial charge is 0.102 e. The van der Waals surface area contributed by atoms with E-state index in [1.165, 1.54) is 0 Å². The van der Waals surface area contributed by atoms with Gasteiger partial charge in [0, 0.05) is 18.0 Å². The molecule has 0 bridgehead atoms. The highest BCUT2D eigenvalue weighted by molar-refractivity contribution is 5.95. The van der Waals surface area contributed by atoms with Crippen LogP contribution >= 0.6 is 0 Å². The van der Waals surface area contributed by atoms with Crippen molar-refractivity contribution in [3.8, 4) is 6.07 Å². The molecule has 3 heteroatoms. The lowest BCUT2D eigenvalue weighted by molar-refractivity contribution is 1.30. The molecule has 0 unspecified atom stereocenters. The van der Waals surface area contributed by atoms with E-state index in [-0.39, 0.29) is 0 Å². The van der Waals surface area contributed by atoms with E-state index in [4.69, 9.17) is 5.73 Å². The van der Waals surface area contributed by atoms with Gasteiger partial charge in [0.2, 0.25) is 0 Å². The first kappa shape index (κ1) is 10.9. The van der Waals surface area contributed by atoms with Crippen molar-refractivity contribution in [2.24, 2.45) is 5.73 Å². The van der Waals surface area contributed by atoms with E-state index < -0.39 is 0 Å². The highest BCUT2D eigenvalue weighted by atomic mass is 14.6. The minimum atomic E-state index is 0.451. The molecule has 0 fully saturated rings. The summed E-state index contributed by atoms with van der Waals surface area (Å²) in [5, 5.41) is 9.20. The van der Waals surface area contributed by atoms with E-state index in [1.54, 1.807) is 18.5 Å². The monoisotopic (exact) mass is 221 g/mol. The van der Waals surface area contributed by atoms with E-state index in [1.807, 2.05) is 36.4 Å². The molecule has 1 aromatic heterocycles. The Bertz CT molecular complexity index is 565. The van der Waals surface area contributed by atoms with Gasteiger partial charge in [0.05, 0.1) is 11.3 Å². The summed E-state index contributed by atoms with van der Waals surface area (Å²) in [5.41, 5.74) is 8.49. The van der Waals surface area contributed by atoms with E-state index in [0.717, 1.165) is 11.1 Å². The first-order valence-corrected chi connectivity index (χ1v) is 5.18. The van der Waals surface area contributed by atoms with Crippen LogP contribution in [0.1, 0.15) is 11.1 Å². The maximum absolute atomic E-state index is 9.20. The maximum Gasteiger partial charge on any atom is 0.102 e. The van der Waals surface area contributed by atoms with E-state index in [2.05, 4.69) is 11.1 Å². The van der Waals surface area contributed by atoms with Crippen LogP contribution in [0.5, 0.6) is 0 Å². The molecule has 3 nitrogen and oxygen atoms in total. The van der Waals surface area contributed by atoms with Crippen molar-refractivity contribution >= 4 is 11.3 Å². The molecule has 0 aliphatic heterocycles. The molecule has 1 aromatic carbocycles. The van der Waals surface area contributed by atoms with Crippen molar-refractivity contribution in [1.82, 2.24) is 4.98 Å². The van der Waals surface area contributed by atoms with Crippen LogP contribution in [0, 0.1) is 11.3 Å². The van der Waals surface area contributed by atoms with Crippen LogP contribution in [0.25, 0.3) is 11.3 Å². The van der Waals surface area contributed by atoms with Crippen LogP contribution in [0.15, 0.2) is 54.9 Å². The number of rotatable bonds is 2. The summed E-state index contributed by atoms with van der Waals surface area (Å²) in [5.74, 6) is 0. The van der Waals surface area contributed by atoms with Gasteiger partial charge in [-0.05, 0) is 17.7 Å². The number of hydrogen-bond donors (Lipinski definition) is 1. The van der Waals surface area contributed by atoms with Crippen molar-refractivity contribution in [3.05, 3.63) is 66.0 Å². The predicted molar refractivity (Wildman–Crippen MR) is 67.3 cm³/mol. The van der Waals surface area contributed by atoms with Gasteiger partial charge in [0.1, 0.15) is 6.07 Å². The highest BCUT2D eigenvalue weighted by Gasteiger charge is 2.07. The number of allylic oxidation sites excluding steroid dienone is 1. The number of hydrogen-bond acceptors (Lipinski definition) is 3. The third-order valence-electron chi connectivity index (χ3n) is 2.42. The normalized spacial score (nSPS) is 11.5. The van der Waals surface area contributed by atoms with Crippen LogP contribution in [-0.4, -0.2) is 4.98 Å². The van der Waals surface area contributed by atoms with Crippen LogP contribution in [-0.2, 0) is 0 Å². The molecule has 2 N–H and O–H groups in total. The summed E-state index contributed by atoms with van der Waals surface area (Å²) in [6.45, 7) is 0. The van der Waals surface area contributed by atoms with Gasteiger partial charge >= 0.3 is 0 Å². The number of aromatic nitrogens is 1. The number of pyridine rings is 1. The minimum Gasteiger partial charge on any atom is -0.397 e. The van der Waals surface area contributed by atoms with Crippen molar-refractivity contribution < 1.29 is 0 Å². The second-order valence-electron chi connectivity index (χ2n) is 3.51. The van der Waals surface area contributed by atoms with Gasteiger partial charge in [0.15, 0.2) is 0 Å². The number of nitrogens with two attached hydrogens (primary N) is 1. The Hall–Kier alpha value is -2.60. The highest BCUT2D eigenvalue weighted by Crippen LogP contribution is 2.21. The Morgan fingerprint density at radius 2 is 1.76 bits per heavy atom. The van der Waals surface area contributed by atoms with Crippen molar-refractivity contribution in [1.29, 1.82) is 5.26 Å². The van der Waals surface area contributed by atoms with Gasteiger partial charge in [-0.2, -0.15) is 5.26 Å². The topological polar surface area (TPSA) is 62.7 Å². The minimum absolute atomic E-state index is 0.451. The summed E-state index contributed by atoms with van der Waals surface area (Å²) >= 11 is 0. The maximum atomic E-state index is 9.20. The molecule has 0 saturated heterocycles. The summed E-state index contributed by atoms with van der Waals surface area (Å²) in [6.07, 6.45) is 3.32. The fraction of sp³-hybridized carbons (Fsp3) is 0.